The largest absolute Gasteiger partial charge is 0.288 e. The second-order valence-corrected chi connectivity index (χ2v) is 5.92. The molecule has 21 heavy (non-hydrogen) atoms. The molecule has 0 aliphatic rings. The molecule has 0 radical (unpaired) electrons. The summed E-state index contributed by atoms with van der Waals surface area (Å²) in [5.74, 6) is -0.532. The summed E-state index contributed by atoms with van der Waals surface area (Å²) in [5.41, 5.74) is 0.370. The Morgan fingerprint density at radius 3 is 2.86 bits per heavy atom. The van der Waals surface area contributed by atoms with Crippen molar-refractivity contribution in [2.45, 2.75) is 0 Å². The molecule has 0 atom stereocenters. The number of hydrogen-bond acceptors (Lipinski definition) is 4. The van der Waals surface area contributed by atoms with Crippen LogP contribution >= 0.6 is 22.9 Å². The predicted octanol–water partition coefficient (Wildman–Crippen LogP) is 4.15. The molecule has 0 saturated heterocycles. The minimum Gasteiger partial charge on any atom is -0.288 e. The van der Waals surface area contributed by atoms with Crippen molar-refractivity contribution in [3.05, 3.63) is 57.7 Å². The van der Waals surface area contributed by atoms with Gasteiger partial charge in [-0.2, -0.15) is 0 Å². The molecule has 3 aromatic heterocycles. The third-order valence-corrected chi connectivity index (χ3v) is 4.80. The number of hydrogen-bond donors (Lipinski definition) is 0. The van der Waals surface area contributed by atoms with Crippen molar-refractivity contribution in [1.29, 1.82) is 0 Å². The smallest absolute Gasteiger partial charge is 0.198 e. The average Bonchev–Trinajstić information content (AvgIpc) is 2.48. The summed E-state index contributed by atoms with van der Waals surface area (Å²) < 4.78 is 14.0. The van der Waals surface area contributed by atoms with Crippen LogP contribution in [-0.2, 0) is 0 Å². The summed E-state index contributed by atoms with van der Waals surface area (Å²) in [4.78, 5) is 21.4. The molecular weight excluding hydrogens is 311 g/mol. The van der Waals surface area contributed by atoms with Crippen molar-refractivity contribution >= 4 is 54.1 Å². The van der Waals surface area contributed by atoms with E-state index in [9.17, 15) is 9.18 Å². The molecule has 4 aromatic rings. The van der Waals surface area contributed by atoms with E-state index in [1.807, 2.05) is 18.2 Å². The maximum absolute atomic E-state index is 13.4. The first-order valence-corrected chi connectivity index (χ1v) is 7.31. The molecule has 3 heterocycles. The summed E-state index contributed by atoms with van der Waals surface area (Å²) in [5, 5.41) is 1.71. The maximum Gasteiger partial charge on any atom is 0.198 e. The van der Waals surface area contributed by atoms with Crippen molar-refractivity contribution in [2.24, 2.45) is 0 Å². The number of fused-ring (bicyclic) bond motifs is 4. The lowest BCUT2D eigenvalue weighted by molar-refractivity contribution is 0.624. The number of aromatic nitrogens is 2. The molecule has 0 bridgehead atoms. The van der Waals surface area contributed by atoms with E-state index in [1.54, 1.807) is 6.07 Å². The summed E-state index contributed by atoms with van der Waals surface area (Å²) in [6.07, 6.45) is 1.09. The van der Waals surface area contributed by atoms with Crippen LogP contribution in [0.3, 0.4) is 0 Å². The van der Waals surface area contributed by atoms with Crippen molar-refractivity contribution in [2.75, 3.05) is 0 Å². The summed E-state index contributed by atoms with van der Waals surface area (Å²) in [6, 6.07) is 8.47. The summed E-state index contributed by atoms with van der Waals surface area (Å²) in [6.45, 7) is 0. The van der Waals surface area contributed by atoms with Crippen LogP contribution in [0.1, 0.15) is 0 Å². The van der Waals surface area contributed by atoms with E-state index in [1.165, 1.54) is 17.4 Å². The van der Waals surface area contributed by atoms with Gasteiger partial charge in [0.1, 0.15) is 15.8 Å². The average molecular weight is 317 g/mol. The van der Waals surface area contributed by atoms with Crippen LogP contribution in [-0.4, -0.2) is 9.97 Å². The van der Waals surface area contributed by atoms with Gasteiger partial charge in [0.25, 0.3) is 0 Å². The van der Waals surface area contributed by atoms with Gasteiger partial charge in [0.05, 0.1) is 27.2 Å². The first-order valence-electron chi connectivity index (χ1n) is 6.11. The quantitative estimate of drug-likeness (QED) is 0.278. The van der Waals surface area contributed by atoms with E-state index in [4.69, 9.17) is 11.6 Å². The third-order valence-electron chi connectivity index (χ3n) is 3.29. The minimum absolute atomic E-state index is 0.263. The highest BCUT2D eigenvalue weighted by Crippen LogP contribution is 2.32. The zero-order valence-electron chi connectivity index (χ0n) is 10.4. The number of halogens is 2. The van der Waals surface area contributed by atoms with Crippen molar-refractivity contribution in [3.8, 4) is 0 Å². The Morgan fingerprint density at radius 1 is 1.19 bits per heavy atom. The van der Waals surface area contributed by atoms with Crippen LogP contribution in [0.25, 0.3) is 31.2 Å². The van der Waals surface area contributed by atoms with Gasteiger partial charge in [-0.25, -0.2) is 14.4 Å². The second kappa shape index (κ2) is 4.44. The molecule has 102 valence electrons. The lowest BCUT2D eigenvalue weighted by Crippen LogP contribution is -2.04. The van der Waals surface area contributed by atoms with Gasteiger partial charge >= 0.3 is 0 Å². The molecule has 4 rings (SSSR count). The fraction of sp³-hybridized carbons (Fsp3) is 0. The molecule has 0 spiro atoms. The van der Waals surface area contributed by atoms with E-state index in [-0.39, 0.29) is 16.0 Å². The van der Waals surface area contributed by atoms with Crippen LogP contribution in [0.2, 0.25) is 5.15 Å². The van der Waals surface area contributed by atoms with E-state index in [2.05, 4.69) is 9.97 Å². The second-order valence-electron chi connectivity index (χ2n) is 4.56. The van der Waals surface area contributed by atoms with Gasteiger partial charge in [-0.1, -0.05) is 29.8 Å². The highest BCUT2D eigenvalue weighted by molar-refractivity contribution is 7.24. The molecule has 6 heteroatoms. The Bertz CT molecular complexity index is 1090. The fourth-order valence-electron chi connectivity index (χ4n) is 2.39. The predicted molar refractivity (Wildman–Crippen MR) is 83.7 cm³/mol. The van der Waals surface area contributed by atoms with Crippen LogP contribution in [0.5, 0.6) is 0 Å². The van der Waals surface area contributed by atoms with Gasteiger partial charge in [-0.3, -0.25) is 4.79 Å². The van der Waals surface area contributed by atoms with Gasteiger partial charge in [0, 0.05) is 5.39 Å². The van der Waals surface area contributed by atoms with Gasteiger partial charge in [-0.15, -0.1) is 11.3 Å². The van der Waals surface area contributed by atoms with Gasteiger partial charge in [0.2, 0.25) is 0 Å². The lowest BCUT2D eigenvalue weighted by atomic mass is 10.1. The molecule has 1 aromatic carbocycles. The monoisotopic (exact) mass is 316 g/mol. The minimum atomic E-state index is -0.532. The lowest BCUT2D eigenvalue weighted by Gasteiger charge is -2.05. The number of pyridine rings is 2. The molecule has 0 amide bonds. The fourth-order valence-corrected chi connectivity index (χ4v) is 3.68. The normalized spacial score (nSPS) is 11.5. The topological polar surface area (TPSA) is 42.9 Å². The van der Waals surface area contributed by atoms with E-state index in [0.29, 0.717) is 25.8 Å². The van der Waals surface area contributed by atoms with Crippen molar-refractivity contribution in [3.63, 3.8) is 0 Å². The molecule has 0 fully saturated rings. The van der Waals surface area contributed by atoms with Gasteiger partial charge < -0.3 is 0 Å². The van der Waals surface area contributed by atoms with E-state index >= 15 is 0 Å². The van der Waals surface area contributed by atoms with Crippen molar-refractivity contribution < 1.29 is 4.39 Å². The van der Waals surface area contributed by atoms with Crippen LogP contribution < -0.4 is 5.43 Å². The Morgan fingerprint density at radius 2 is 2.00 bits per heavy atom. The van der Waals surface area contributed by atoms with Crippen LogP contribution in [0.15, 0.2) is 41.3 Å². The number of nitrogens with zero attached hydrogens (tertiary/aromatic N) is 2. The summed E-state index contributed by atoms with van der Waals surface area (Å²) in [7, 11) is 0. The van der Waals surface area contributed by atoms with Crippen molar-refractivity contribution in [1.82, 2.24) is 9.97 Å². The molecule has 0 aliphatic carbocycles. The number of benzene rings is 1. The summed E-state index contributed by atoms with van der Waals surface area (Å²) >= 11 is 7.44. The molecule has 0 unspecified atom stereocenters. The zero-order valence-corrected chi connectivity index (χ0v) is 12.0. The van der Waals surface area contributed by atoms with Gasteiger partial charge in [0.15, 0.2) is 5.43 Å². The molecule has 0 saturated carbocycles. The standard InChI is InChI=1S/C15H6ClFN2OS/c16-14-13-11(8-3-1-2-4-10(8)19-14)12(20)9-5-7(17)6-18-15(9)21-13/h1-6H. The van der Waals surface area contributed by atoms with E-state index in [0.717, 1.165) is 6.20 Å². The Balaban J connectivity index is 2.37. The highest BCUT2D eigenvalue weighted by atomic mass is 35.5. The number of para-hydroxylation sites is 1. The Labute approximate surface area is 126 Å². The van der Waals surface area contributed by atoms with Crippen LogP contribution in [0.4, 0.5) is 4.39 Å². The first-order chi connectivity index (χ1) is 10.1. The van der Waals surface area contributed by atoms with Gasteiger partial charge in [-0.05, 0) is 12.1 Å². The Kier molecular flexibility index (Phi) is 2.67. The molecule has 0 N–H and O–H groups in total. The SMILES string of the molecule is O=c1c2cc(F)cnc2sc2c(Cl)nc3ccccc3c12. The molecular formula is C15H6ClFN2OS. The highest BCUT2D eigenvalue weighted by Gasteiger charge is 2.14. The molecule has 0 aliphatic heterocycles. The van der Waals surface area contributed by atoms with Crippen LogP contribution in [0, 0.1) is 5.82 Å². The Hall–Kier alpha value is -2.11. The molecule has 3 nitrogen and oxygen atoms in total. The maximum atomic E-state index is 13.4. The third kappa shape index (κ3) is 1.81. The zero-order chi connectivity index (χ0) is 14.6. The number of rotatable bonds is 0. The first kappa shape index (κ1) is 12.6. The van der Waals surface area contributed by atoms with E-state index < -0.39 is 5.82 Å².